The summed E-state index contributed by atoms with van der Waals surface area (Å²) < 4.78 is 0. The average Bonchev–Trinajstić information content (AvgIpc) is 3.72. The van der Waals surface area contributed by atoms with Crippen molar-refractivity contribution in [1.29, 1.82) is 0 Å². The topological polar surface area (TPSA) is 74.8 Å². The lowest BCUT2D eigenvalue weighted by atomic mass is 9.68. The minimum Gasteiger partial charge on any atom is -0.274 e. The second kappa shape index (κ2) is 15.1. The van der Waals surface area contributed by atoms with Gasteiger partial charge in [-0.25, -0.2) is 9.80 Å². The van der Waals surface area contributed by atoms with Crippen molar-refractivity contribution in [3.8, 4) is 0 Å². The van der Waals surface area contributed by atoms with Crippen molar-refractivity contribution < 1.29 is 19.2 Å². The van der Waals surface area contributed by atoms with Crippen molar-refractivity contribution in [3.63, 3.8) is 0 Å². The predicted molar refractivity (Wildman–Crippen MR) is 230 cm³/mol. The first kappa shape index (κ1) is 36.4. The SMILES string of the molecule is O=C1[C@@H]2[C@H](C(=O)N1c1ccc(Cc3ccc(N4C(=O)[C@@H]5[C@H](C4=O)[C@H](c4ccccc4)C=C[C@@H]5c4ccccc4)cc3)cc1)[C@H](c1ccccc1)C=C[C@@H]2c1ccccc1. The lowest BCUT2D eigenvalue weighted by molar-refractivity contribution is -0.124. The van der Waals surface area contributed by atoms with Crippen molar-refractivity contribution in [2.75, 3.05) is 9.80 Å². The van der Waals surface area contributed by atoms with Gasteiger partial charge in [0.15, 0.2) is 0 Å². The standard InChI is InChI=1S/C53H42N2O4/c56-50-46-42(36-13-5-1-6-14-36)29-30-43(37-15-7-2-8-16-37)47(46)51(57)54(50)40-25-21-34(22-26-40)33-35-23-27-41(28-24-35)55-52(58)48-44(38-17-9-3-10-18-38)31-32-45(49(48)53(55)59)39-19-11-4-12-20-39/h1-32,42-49H,33H2/t42-,43+,44-,45+,46+,47-,48+,49-. The van der Waals surface area contributed by atoms with Crippen LogP contribution in [0.5, 0.6) is 0 Å². The Morgan fingerprint density at radius 3 is 0.780 bits per heavy atom. The van der Waals surface area contributed by atoms with Gasteiger partial charge in [-0.2, -0.15) is 0 Å². The van der Waals surface area contributed by atoms with Crippen molar-refractivity contribution in [1.82, 2.24) is 0 Å². The maximum Gasteiger partial charge on any atom is 0.238 e. The maximum absolute atomic E-state index is 14.4. The number of imide groups is 2. The lowest BCUT2D eigenvalue weighted by Crippen LogP contribution is -2.31. The summed E-state index contributed by atoms with van der Waals surface area (Å²) in [6.45, 7) is 0. The Hall–Kier alpha value is -6.92. The van der Waals surface area contributed by atoms with E-state index in [1.807, 2.05) is 170 Å². The molecular formula is C53H42N2O4. The quantitative estimate of drug-likeness (QED) is 0.114. The fraction of sp³-hybridized carbons (Fsp3) is 0.170. The van der Waals surface area contributed by atoms with Crippen LogP contribution >= 0.6 is 0 Å². The summed E-state index contributed by atoms with van der Waals surface area (Å²) >= 11 is 0. The van der Waals surface area contributed by atoms with E-state index in [0.29, 0.717) is 17.8 Å². The van der Waals surface area contributed by atoms with E-state index in [-0.39, 0.29) is 47.3 Å². The molecule has 0 saturated carbocycles. The maximum atomic E-state index is 14.4. The zero-order valence-corrected chi connectivity index (χ0v) is 32.3. The molecule has 0 N–H and O–H groups in total. The van der Waals surface area contributed by atoms with Crippen LogP contribution in [0, 0.1) is 23.7 Å². The second-order valence-corrected chi connectivity index (χ2v) is 16.2. The molecule has 0 bridgehead atoms. The Morgan fingerprint density at radius 1 is 0.305 bits per heavy atom. The summed E-state index contributed by atoms with van der Waals surface area (Å²) in [4.78, 5) is 60.2. The molecule has 10 rings (SSSR count). The summed E-state index contributed by atoms with van der Waals surface area (Å²) in [6, 6.07) is 55.2. The molecule has 2 saturated heterocycles. The van der Waals surface area contributed by atoms with Gasteiger partial charge in [-0.15, -0.1) is 0 Å². The third-order valence-electron chi connectivity index (χ3n) is 12.9. The van der Waals surface area contributed by atoms with E-state index in [9.17, 15) is 19.2 Å². The lowest BCUT2D eigenvalue weighted by Gasteiger charge is -2.32. The van der Waals surface area contributed by atoms with Gasteiger partial charge in [-0.1, -0.05) is 170 Å². The molecule has 2 fully saturated rings. The highest BCUT2D eigenvalue weighted by atomic mass is 16.2. The van der Waals surface area contributed by atoms with Crippen LogP contribution in [-0.4, -0.2) is 23.6 Å². The third-order valence-corrected chi connectivity index (χ3v) is 12.9. The molecule has 4 amide bonds. The van der Waals surface area contributed by atoms with Gasteiger partial charge in [0, 0.05) is 23.7 Å². The van der Waals surface area contributed by atoms with E-state index >= 15 is 0 Å². The Balaban J connectivity index is 0.884. The average molecular weight is 771 g/mol. The van der Waals surface area contributed by atoms with E-state index < -0.39 is 23.7 Å². The van der Waals surface area contributed by atoms with Crippen LogP contribution in [-0.2, 0) is 25.6 Å². The molecule has 0 spiro atoms. The van der Waals surface area contributed by atoms with Crippen LogP contribution in [0.1, 0.15) is 57.1 Å². The predicted octanol–water partition coefficient (Wildman–Crippen LogP) is 9.76. The van der Waals surface area contributed by atoms with Crippen LogP contribution in [0.3, 0.4) is 0 Å². The number of hydrogen-bond donors (Lipinski definition) is 0. The number of carbonyl (C=O) groups excluding carboxylic acids is 4. The first-order chi connectivity index (χ1) is 29.0. The van der Waals surface area contributed by atoms with Gasteiger partial charge in [0.25, 0.3) is 0 Å². The first-order valence-electron chi connectivity index (χ1n) is 20.5. The minimum atomic E-state index is -0.513. The molecule has 6 aromatic rings. The minimum absolute atomic E-state index is 0.172. The normalized spacial score (nSPS) is 26.0. The molecule has 8 atom stereocenters. The van der Waals surface area contributed by atoms with Gasteiger partial charge >= 0.3 is 0 Å². The van der Waals surface area contributed by atoms with Crippen LogP contribution in [0.15, 0.2) is 194 Å². The molecule has 4 aliphatic rings. The highest BCUT2D eigenvalue weighted by molar-refractivity contribution is 6.23. The van der Waals surface area contributed by atoms with Crippen molar-refractivity contribution >= 4 is 35.0 Å². The Bertz CT molecular complexity index is 2270. The van der Waals surface area contributed by atoms with Gasteiger partial charge in [0.05, 0.1) is 35.0 Å². The molecule has 6 aromatic carbocycles. The largest absolute Gasteiger partial charge is 0.274 e. The summed E-state index contributed by atoms with van der Waals surface area (Å²) in [6.07, 6.45) is 9.03. The van der Waals surface area contributed by atoms with Crippen LogP contribution in [0.4, 0.5) is 11.4 Å². The van der Waals surface area contributed by atoms with E-state index in [1.165, 1.54) is 9.80 Å². The molecule has 6 heteroatoms. The molecule has 0 radical (unpaired) electrons. The fourth-order valence-corrected chi connectivity index (χ4v) is 10.1. The highest BCUT2D eigenvalue weighted by Crippen LogP contribution is 2.52. The van der Waals surface area contributed by atoms with E-state index in [1.54, 1.807) is 0 Å². The van der Waals surface area contributed by atoms with Crippen LogP contribution in [0.2, 0.25) is 0 Å². The smallest absolute Gasteiger partial charge is 0.238 e. The Labute approximate surface area is 344 Å². The van der Waals surface area contributed by atoms with E-state index in [0.717, 1.165) is 33.4 Å². The molecular weight excluding hydrogens is 729 g/mol. The monoisotopic (exact) mass is 770 g/mol. The van der Waals surface area contributed by atoms with Crippen LogP contribution < -0.4 is 9.80 Å². The number of rotatable bonds is 8. The highest BCUT2D eigenvalue weighted by Gasteiger charge is 2.56. The molecule has 2 aliphatic carbocycles. The zero-order chi connectivity index (χ0) is 40.0. The van der Waals surface area contributed by atoms with Crippen molar-refractivity contribution in [2.24, 2.45) is 23.7 Å². The van der Waals surface area contributed by atoms with Crippen molar-refractivity contribution in [2.45, 2.75) is 30.1 Å². The summed E-state index contributed by atoms with van der Waals surface area (Å²) in [7, 11) is 0. The first-order valence-corrected chi connectivity index (χ1v) is 20.5. The Morgan fingerprint density at radius 2 is 0.542 bits per heavy atom. The van der Waals surface area contributed by atoms with Gasteiger partial charge in [0.2, 0.25) is 23.6 Å². The van der Waals surface area contributed by atoms with Gasteiger partial charge in [-0.3, -0.25) is 19.2 Å². The second-order valence-electron chi connectivity index (χ2n) is 16.2. The summed E-state index contributed by atoms with van der Waals surface area (Å²) in [5, 5.41) is 0. The Kier molecular flexibility index (Phi) is 9.33. The number of anilines is 2. The molecule has 2 heterocycles. The van der Waals surface area contributed by atoms with E-state index in [4.69, 9.17) is 0 Å². The molecule has 0 unspecified atom stereocenters. The number of fused-ring (bicyclic) bond motifs is 2. The van der Waals surface area contributed by atoms with Crippen molar-refractivity contribution in [3.05, 3.63) is 228 Å². The molecule has 2 aliphatic heterocycles. The molecule has 59 heavy (non-hydrogen) atoms. The van der Waals surface area contributed by atoms with Gasteiger partial charge in [-0.05, 0) is 64.1 Å². The number of benzene rings is 6. The number of carbonyl (C=O) groups is 4. The molecule has 288 valence electrons. The fourth-order valence-electron chi connectivity index (χ4n) is 10.1. The van der Waals surface area contributed by atoms with Gasteiger partial charge < -0.3 is 0 Å². The molecule has 0 aromatic heterocycles. The summed E-state index contributed by atoms with van der Waals surface area (Å²) in [5.74, 6) is -3.54. The number of hydrogen-bond acceptors (Lipinski definition) is 4. The number of nitrogens with zero attached hydrogens (tertiary/aromatic N) is 2. The molecule has 6 nitrogen and oxygen atoms in total. The van der Waals surface area contributed by atoms with E-state index in [2.05, 4.69) is 24.3 Å². The number of allylic oxidation sites excluding steroid dienone is 4. The van der Waals surface area contributed by atoms with Gasteiger partial charge in [0.1, 0.15) is 0 Å². The summed E-state index contributed by atoms with van der Waals surface area (Å²) in [5.41, 5.74) is 7.24. The zero-order valence-electron chi connectivity index (χ0n) is 32.3. The third kappa shape index (κ3) is 6.36. The number of amides is 4. The van der Waals surface area contributed by atoms with Crippen LogP contribution in [0.25, 0.3) is 0 Å².